The van der Waals surface area contributed by atoms with E-state index >= 15 is 0 Å². The molecular formula is C11H12O. The summed E-state index contributed by atoms with van der Waals surface area (Å²) < 4.78 is 0. The van der Waals surface area contributed by atoms with E-state index in [1.165, 1.54) is 0 Å². The monoisotopic (exact) mass is 160 g/mol. The van der Waals surface area contributed by atoms with Crippen LogP contribution in [0.15, 0.2) is 36.9 Å². The molecule has 1 rings (SSSR count). The molecule has 0 aliphatic carbocycles. The van der Waals surface area contributed by atoms with Crippen LogP contribution in [0.1, 0.15) is 0 Å². The highest BCUT2D eigenvalue weighted by Crippen LogP contribution is 1.88. The van der Waals surface area contributed by atoms with E-state index in [0.29, 0.717) is 0 Å². The van der Waals surface area contributed by atoms with Crippen molar-refractivity contribution in [2.45, 2.75) is 0 Å². The third-order valence-corrected chi connectivity index (χ3v) is 1.78. The molecule has 1 heteroatoms. The molecule has 12 heavy (non-hydrogen) atoms. The van der Waals surface area contributed by atoms with Crippen molar-refractivity contribution in [3.63, 3.8) is 0 Å². The molecule has 0 radical (unpaired) electrons. The molecule has 0 amide bonds. The van der Waals surface area contributed by atoms with Crippen molar-refractivity contribution in [3.8, 4) is 0 Å². The SMILES string of the molecule is C=C/C(CO)=c1/ccccc1=C. The van der Waals surface area contributed by atoms with Gasteiger partial charge >= 0.3 is 0 Å². The van der Waals surface area contributed by atoms with Crippen LogP contribution in [0.2, 0.25) is 0 Å². The van der Waals surface area contributed by atoms with E-state index in [2.05, 4.69) is 13.2 Å². The minimum Gasteiger partial charge on any atom is -0.392 e. The fourth-order valence-electron chi connectivity index (χ4n) is 1.09. The highest BCUT2D eigenvalue weighted by Gasteiger charge is 1.90. The summed E-state index contributed by atoms with van der Waals surface area (Å²) >= 11 is 0. The van der Waals surface area contributed by atoms with Crippen LogP contribution in [0.5, 0.6) is 0 Å². The first-order valence-electron chi connectivity index (χ1n) is 3.80. The first kappa shape index (κ1) is 8.75. The van der Waals surface area contributed by atoms with Crippen LogP contribution in [0.25, 0.3) is 12.2 Å². The molecule has 0 saturated carbocycles. The number of aliphatic hydroxyl groups is 1. The van der Waals surface area contributed by atoms with Gasteiger partial charge in [0.05, 0.1) is 6.61 Å². The predicted molar refractivity (Wildman–Crippen MR) is 51.9 cm³/mol. The Labute approximate surface area is 72.0 Å². The molecule has 0 saturated heterocycles. The Bertz CT molecular complexity index is 376. The molecule has 1 aromatic carbocycles. The van der Waals surface area contributed by atoms with Gasteiger partial charge in [-0.15, -0.1) is 0 Å². The third kappa shape index (κ3) is 1.63. The quantitative estimate of drug-likeness (QED) is 0.665. The molecule has 0 aliphatic heterocycles. The summed E-state index contributed by atoms with van der Waals surface area (Å²) in [6, 6.07) is 7.68. The van der Waals surface area contributed by atoms with Gasteiger partial charge in [-0.05, 0) is 16.0 Å². The molecule has 62 valence electrons. The summed E-state index contributed by atoms with van der Waals surface area (Å²) in [5.41, 5.74) is 0.820. The van der Waals surface area contributed by atoms with Crippen LogP contribution in [-0.4, -0.2) is 11.7 Å². The van der Waals surface area contributed by atoms with Gasteiger partial charge in [-0.3, -0.25) is 0 Å². The Hall–Kier alpha value is -1.34. The zero-order chi connectivity index (χ0) is 8.97. The first-order chi connectivity index (χ1) is 5.79. The molecule has 1 aromatic rings. The van der Waals surface area contributed by atoms with Crippen molar-refractivity contribution in [3.05, 3.63) is 47.4 Å². The van der Waals surface area contributed by atoms with Crippen molar-refractivity contribution >= 4 is 12.2 Å². The van der Waals surface area contributed by atoms with E-state index in [4.69, 9.17) is 5.11 Å². The second-order valence-corrected chi connectivity index (χ2v) is 2.54. The topological polar surface area (TPSA) is 20.2 Å². The number of rotatable bonds is 2. The number of benzene rings is 1. The summed E-state index contributed by atoms with van der Waals surface area (Å²) in [7, 11) is 0. The molecule has 0 aliphatic rings. The van der Waals surface area contributed by atoms with E-state index in [9.17, 15) is 0 Å². The van der Waals surface area contributed by atoms with E-state index in [-0.39, 0.29) is 6.61 Å². The second kappa shape index (κ2) is 3.88. The van der Waals surface area contributed by atoms with Crippen LogP contribution in [0, 0.1) is 0 Å². The van der Waals surface area contributed by atoms with Crippen LogP contribution in [-0.2, 0) is 0 Å². The number of aliphatic hydroxyl groups excluding tert-OH is 1. The fourth-order valence-corrected chi connectivity index (χ4v) is 1.09. The van der Waals surface area contributed by atoms with E-state index in [1.807, 2.05) is 24.3 Å². The predicted octanol–water partition coefficient (Wildman–Crippen LogP) is 0.426. The zero-order valence-corrected chi connectivity index (χ0v) is 6.96. The van der Waals surface area contributed by atoms with E-state index < -0.39 is 0 Å². The molecule has 0 aromatic heterocycles. The average Bonchev–Trinajstić information content (AvgIpc) is 2.10. The van der Waals surface area contributed by atoms with Crippen LogP contribution < -0.4 is 10.4 Å². The normalized spacial score (nSPS) is 12.4. The van der Waals surface area contributed by atoms with Crippen molar-refractivity contribution in [2.24, 2.45) is 0 Å². The lowest BCUT2D eigenvalue weighted by Crippen LogP contribution is -2.25. The molecule has 0 atom stereocenters. The molecule has 0 spiro atoms. The summed E-state index contributed by atoms with van der Waals surface area (Å²) in [4.78, 5) is 0. The fraction of sp³-hybridized carbons (Fsp3) is 0.0909. The van der Waals surface area contributed by atoms with Gasteiger partial charge in [0.1, 0.15) is 0 Å². The molecule has 0 bridgehead atoms. The molecular weight excluding hydrogens is 148 g/mol. The second-order valence-electron chi connectivity index (χ2n) is 2.54. The summed E-state index contributed by atoms with van der Waals surface area (Å²) in [6.45, 7) is 7.49. The number of hydrogen-bond donors (Lipinski definition) is 1. The maximum atomic E-state index is 8.97. The van der Waals surface area contributed by atoms with Gasteiger partial charge in [0.25, 0.3) is 0 Å². The van der Waals surface area contributed by atoms with Crippen molar-refractivity contribution < 1.29 is 5.11 Å². The highest BCUT2D eigenvalue weighted by molar-refractivity contribution is 5.56. The van der Waals surface area contributed by atoms with Crippen molar-refractivity contribution in [1.29, 1.82) is 0 Å². The standard InChI is InChI=1S/C11H12O/c1-3-10(8-12)11-7-5-4-6-9(11)2/h3-7,12H,1-2,8H2/b11-10+. The molecule has 1 N–H and O–H groups in total. The Balaban J connectivity index is 3.53. The summed E-state index contributed by atoms with van der Waals surface area (Å²) in [5, 5.41) is 10.9. The van der Waals surface area contributed by atoms with Crippen LogP contribution in [0.3, 0.4) is 0 Å². The van der Waals surface area contributed by atoms with Gasteiger partial charge in [0, 0.05) is 0 Å². The smallest absolute Gasteiger partial charge is 0.0687 e. The lowest BCUT2D eigenvalue weighted by atomic mass is 10.1. The van der Waals surface area contributed by atoms with Crippen molar-refractivity contribution in [1.82, 2.24) is 0 Å². The van der Waals surface area contributed by atoms with Gasteiger partial charge in [0.2, 0.25) is 0 Å². The van der Waals surface area contributed by atoms with E-state index in [1.54, 1.807) is 6.08 Å². The van der Waals surface area contributed by atoms with E-state index in [0.717, 1.165) is 16.0 Å². The van der Waals surface area contributed by atoms with Crippen molar-refractivity contribution in [2.75, 3.05) is 6.61 Å². The Morgan fingerprint density at radius 1 is 1.42 bits per heavy atom. The lowest BCUT2D eigenvalue weighted by molar-refractivity contribution is 0.350. The number of hydrogen-bond acceptors (Lipinski definition) is 1. The lowest BCUT2D eigenvalue weighted by Gasteiger charge is -1.95. The first-order valence-corrected chi connectivity index (χ1v) is 3.80. The zero-order valence-electron chi connectivity index (χ0n) is 6.96. The van der Waals surface area contributed by atoms with Gasteiger partial charge in [-0.25, -0.2) is 0 Å². The van der Waals surface area contributed by atoms with Gasteiger partial charge in [-0.1, -0.05) is 43.5 Å². The summed E-state index contributed by atoms with van der Waals surface area (Å²) in [6.07, 6.45) is 1.66. The highest BCUT2D eigenvalue weighted by atomic mass is 16.3. The molecule has 0 heterocycles. The van der Waals surface area contributed by atoms with Gasteiger partial charge in [0.15, 0.2) is 0 Å². The molecule has 0 unspecified atom stereocenters. The maximum absolute atomic E-state index is 8.97. The largest absolute Gasteiger partial charge is 0.392 e. The third-order valence-electron chi connectivity index (χ3n) is 1.78. The minimum atomic E-state index is 0.00995. The molecule has 1 nitrogen and oxygen atoms in total. The van der Waals surface area contributed by atoms with Gasteiger partial charge < -0.3 is 5.11 Å². The van der Waals surface area contributed by atoms with Gasteiger partial charge in [-0.2, -0.15) is 0 Å². The minimum absolute atomic E-state index is 0.00995. The molecule has 0 fully saturated rings. The van der Waals surface area contributed by atoms with Crippen LogP contribution >= 0.6 is 0 Å². The maximum Gasteiger partial charge on any atom is 0.0687 e. The van der Waals surface area contributed by atoms with Crippen LogP contribution in [0.4, 0.5) is 0 Å². The average molecular weight is 160 g/mol. The summed E-state index contributed by atoms with van der Waals surface area (Å²) in [5.74, 6) is 0. The Morgan fingerprint density at radius 3 is 2.58 bits per heavy atom. The Morgan fingerprint density at radius 2 is 2.08 bits per heavy atom. The Kier molecular flexibility index (Phi) is 2.83.